The molecule has 0 heterocycles. The molecule has 0 aliphatic carbocycles. The summed E-state index contributed by atoms with van der Waals surface area (Å²) in [5.74, 6) is -0.994. The van der Waals surface area contributed by atoms with Crippen LogP contribution in [-0.4, -0.2) is 37.2 Å². The molecular weight excluding hydrogens is 913 g/mol. The van der Waals surface area contributed by atoms with Crippen molar-refractivity contribution in [3.63, 3.8) is 0 Å². The maximum absolute atomic E-state index is 12.8. The number of unbranched alkanes of at least 4 members (excludes halogenated alkanes) is 17. The first-order chi connectivity index (χ1) is 36.5. The van der Waals surface area contributed by atoms with Crippen molar-refractivity contribution >= 4 is 17.9 Å². The van der Waals surface area contributed by atoms with Gasteiger partial charge in [0.05, 0.1) is 0 Å². The highest BCUT2D eigenvalue weighted by molar-refractivity contribution is 5.71. The Hall–Kier alpha value is -4.71. The van der Waals surface area contributed by atoms with Gasteiger partial charge < -0.3 is 14.2 Å². The quantitative estimate of drug-likeness (QED) is 0.0261. The smallest absolute Gasteiger partial charge is 0.306 e. The fourth-order valence-corrected chi connectivity index (χ4v) is 7.69. The summed E-state index contributed by atoms with van der Waals surface area (Å²) in [6.45, 7) is 6.34. The molecule has 0 rings (SSSR count). The minimum absolute atomic E-state index is 0.110. The van der Waals surface area contributed by atoms with Gasteiger partial charge in [0, 0.05) is 19.3 Å². The van der Waals surface area contributed by atoms with E-state index in [-0.39, 0.29) is 37.5 Å². The summed E-state index contributed by atoms with van der Waals surface area (Å²) in [5.41, 5.74) is 0. The summed E-state index contributed by atoms with van der Waals surface area (Å²) in [7, 11) is 0. The van der Waals surface area contributed by atoms with Gasteiger partial charge in [-0.15, -0.1) is 0 Å². The molecule has 74 heavy (non-hydrogen) atoms. The van der Waals surface area contributed by atoms with E-state index in [4.69, 9.17) is 14.2 Å². The van der Waals surface area contributed by atoms with Crippen LogP contribution in [0.25, 0.3) is 0 Å². The minimum atomic E-state index is -0.821. The molecule has 0 N–H and O–H groups in total. The van der Waals surface area contributed by atoms with Gasteiger partial charge in [-0.05, 0) is 116 Å². The molecule has 0 amide bonds. The van der Waals surface area contributed by atoms with E-state index < -0.39 is 6.10 Å². The van der Waals surface area contributed by atoms with E-state index in [0.717, 1.165) is 141 Å². The van der Waals surface area contributed by atoms with Crippen LogP contribution < -0.4 is 0 Å². The summed E-state index contributed by atoms with van der Waals surface area (Å²) < 4.78 is 16.8. The predicted octanol–water partition coefficient (Wildman–Crippen LogP) is 20.4. The molecule has 0 saturated carbocycles. The lowest BCUT2D eigenvalue weighted by atomic mass is 10.0. The number of rotatable bonds is 52. The van der Waals surface area contributed by atoms with E-state index in [1.165, 1.54) is 57.8 Å². The summed E-state index contributed by atoms with van der Waals surface area (Å²) in [5, 5.41) is 0. The Morgan fingerprint density at radius 2 is 0.541 bits per heavy atom. The van der Waals surface area contributed by atoms with Gasteiger partial charge in [0.25, 0.3) is 0 Å². The topological polar surface area (TPSA) is 78.9 Å². The normalized spacial score (nSPS) is 13.2. The number of esters is 3. The summed E-state index contributed by atoms with van der Waals surface area (Å²) in [6, 6.07) is 0. The number of allylic oxidation sites excluding steroid dienone is 24. The van der Waals surface area contributed by atoms with Crippen LogP contribution in [0.15, 0.2) is 146 Å². The Labute approximate surface area is 455 Å². The zero-order valence-electron chi connectivity index (χ0n) is 47.5. The fourth-order valence-electron chi connectivity index (χ4n) is 7.69. The molecule has 0 bridgehead atoms. The third-order valence-electron chi connectivity index (χ3n) is 12.1. The largest absolute Gasteiger partial charge is 0.462 e. The van der Waals surface area contributed by atoms with Gasteiger partial charge in [-0.25, -0.2) is 0 Å². The molecule has 0 fully saturated rings. The van der Waals surface area contributed by atoms with Crippen LogP contribution in [0.5, 0.6) is 0 Å². The molecule has 1 atom stereocenters. The van der Waals surface area contributed by atoms with Crippen molar-refractivity contribution in [1.82, 2.24) is 0 Å². The molecule has 0 spiro atoms. The zero-order valence-corrected chi connectivity index (χ0v) is 47.5. The molecule has 416 valence electrons. The molecule has 0 aliphatic heterocycles. The van der Waals surface area contributed by atoms with Crippen molar-refractivity contribution in [3.8, 4) is 0 Å². The molecule has 0 aromatic carbocycles. The number of hydrogen-bond donors (Lipinski definition) is 0. The third kappa shape index (κ3) is 58.2. The SMILES string of the molecule is CC/C=C\C/C=C\C/C=C\C/C=C\C/C=C\C/C=C\C/C=C\CCCCCCCC(=O)OCC(COC(=O)CCCCCCCCCCCCCC)OC(=O)CCC/C=C\C/C=C\C/C=C\C/C=C\C/C=C\CC. The second kappa shape index (κ2) is 60.8. The van der Waals surface area contributed by atoms with E-state index in [1.54, 1.807) is 0 Å². The highest BCUT2D eigenvalue weighted by Gasteiger charge is 2.19. The van der Waals surface area contributed by atoms with Gasteiger partial charge in [-0.2, -0.15) is 0 Å². The van der Waals surface area contributed by atoms with Gasteiger partial charge in [0.15, 0.2) is 6.10 Å². The van der Waals surface area contributed by atoms with E-state index in [2.05, 4.69) is 167 Å². The van der Waals surface area contributed by atoms with Gasteiger partial charge in [0.2, 0.25) is 0 Å². The van der Waals surface area contributed by atoms with Gasteiger partial charge in [-0.3, -0.25) is 14.4 Å². The first kappa shape index (κ1) is 69.3. The van der Waals surface area contributed by atoms with Crippen molar-refractivity contribution in [2.24, 2.45) is 0 Å². The maximum atomic E-state index is 12.8. The summed E-state index contributed by atoms with van der Waals surface area (Å²) in [4.78, 5) is 38.2. The Morgan fingerprint density at radius 1 is 0.284 bits per heavy atom. The Morgan fingerprint density at radius 3 is 0.865 bits per heavy atom. The molecule has 0 saturated heterocycles. The van der Waals surface area contributed by atoms with Crippen LogP contribution >= 0.6 is 0 Å². The van der Waals surface area contributed by atoms with E-state index in [0.29, 0.717) is 19.3 Å². The lowest BCUT2D eigenvalue weighted by molar-refractivity contribution is -0.167. The monoisotopic (exact) mass is 1020 g/mol. The van der Waals surface area contributed by atoms with E-state index in [1.807, 2.05) is 0 Å². The van der Waals surface area contributed by atoms with Gasteiger partial charge in [0.1, 0.15) is 13.2 Å². The number of carbonyl (C=O) groups excluding carboxylic acids is 3. The molecule has 6 heteroatoms. The molecule has 0 aliphatic rings. The van der Waals surface area contributed by atoms with E-state index in [9.17, 15) is 14.4 Å². The fraction of sp³-hybridized carbons (Fsp3) is 0.603. The van der Waals surface area contributed by atoms with Crippen LogP contribution in [0, 0.1) is 0 Å². The molecular formula is C68H108O6. The lowest BCUT2D eigenvalue weighted by Gasteiger charge is -2.18. The van der Waals surface area contributed by atoms with Crippen LogP contribution in [-0.2, 0) is 28.6 Å². The van der Waals surface area contributed by atoms with Gasteiger partial charge >= 0.3 is 17.9 Å². The lowest BCUT2D eigenvalue weighted by Crippen LogP contribution is -2.30. The zero-order chi connectivity index (χ0) is 53.6. The highest BCUT2D eigenvalue weighted by Crippen LogP contribution is 2.14. The second-order valence-electron chi connectivity index (χ2n) is 19.1. The van der Waals surface area contributed by atoms with Crippen molar-refractivity contribution in [2.45, 2.75) is 252 Å². The van der Waals surface area contributed by atoms with Gasteiger partial charge in [-0.1, -0.05) is 256 Å². The molecule has 6 nitrogen and oxygen atoms in total. The van der Waals surface area contributed by atoms with E-state index >= 15 is 0 Å². The Kier molecular flexibility index (Phi) is 57.0. The standard InChI is InChI=1S/C68H108O6/c1-4-7-10-13-16-19-22-25-27-29-30-31-32-33-34-35-36-37-38-40-41-43-46-49-52-55-58-61-67(70)73-64-65(63-72-66(69)60-57-54-51-48-45-24-21-18-15-12-9-6-3)74-68(71)62-59-56-53-50-47-44-42-39-28-26-23-20-17-14-11-8-5-2/h7-8,10-11,16-17,19-20,25-28,30-31,33-34,36-37,40-42,44,50,53,65H,4-6,9,12-15,18,21-24,29,32,35,38-39,43,45-49,51-52,54-64H2,1-3H3/b10-7-,11-8-,19-16-,20-17-,27-25-,28-26-,31-30-,34-33-,37-36-,41-40-,44-42-,53-50-. The molecule has 0 aromatic rings. The van der Waals surface area contributed by atoms with Crippen LogP contribution in [0.3, 0.4) is 0 Å². The number of carbonyl (C=O) groups is 3. The Bertz CT molecular complexity index is 1640. The maximum Gasteiger partial charge on any atom is 0.306 e. The van der Waals surface area contributed by atoms with Crippen LogP contribution in [0.4, 0.5) is 0 Å². The second-order valence-corrected chi connectivity index (χ2v) is 19.1. The van der Waals surface area contributed by atoms with Crippen LogP contribution in [0.1, 0.15) is 245 Å². The summed E-state index contributed by atoms with van der Waals surface area (Å²) >= 11 is 0. The highest BCUT2D eigenvalue weighted by atomic mass is 16.6. The average molecular weight is 1020 g/mol. The van der Waals surface area contributed by atoms with Crippen molar-refractivity contribution in [1.29, 1.82) is 0 Å². The van der Waals surface area contributed by atoms with Crippen molar-refractivity contribution < 1.29 is 28.6 Å². The number of ether oxygens (including phenoxy) is 3. The molecule has 1 unspecified atom stereocenters. The van der Waals surface area contributed by atoms with Crippen molar-refractivity contribution in [2.75, 3.05) is 13.2 Å². The average Bonchev–Trinajstić information content (AvgIpc) is 3.40. The van der Waals surface area contributed by atoms with Crippen LogP contribution in [0.2, 0.25) is 0 Å². The third-order valence-corrected chi connectivity index (χ3v) is 12.1. The summed E-state index contributed by atoms with van der Waals surface area (Å²) in [6.07, 6.45) is 87.0. The number of hydrogen-bond acceptors (Lipinski definition) is 6. The predicted molar refractivity (Wildman–Crippen MR) is 320 cm³/mol. The first-order valence-corrected chi connectivity index (χ1v) is 29.8. The van der Waals surface area contributed by atoms with Crippen molar-refractivity contribution in [3.05, 3.63) is 146 Å². The minimum Gasteiger partial charge on any atom is -0.462 e. The first-order valence-electron chi connectivity index (χ1n) is 29.8. The molecule has 0 aromatic heterocycles. The molecule has 0 radical (unpaired) electrons. The Balaban J connectivity index is 4.45.